The first-order valence-electron chi connectivity index (χ1n) is 9.88. The van der Waals surface area contributed by atoms with Crippen LogP contribution < -0.4 is 14.4 Å². The second-order valence-corrected chi connectivity index (χ2v) is 7.12. The van der Waals surface area contributed by atoms with Gasteiger partial charge in [-0.25, -0.2) is 0 Å². The zero-order valence-electron chi connectivity index (χ0n) is 15.9. The minimum atomic E-state index is 0.600. The Hall–Kier alpha value is -2.69. The smallest absolute Gasteiger partial charge is 0.294 e. The summed E-state index contributed by atoms with van der Waals surface area (Å²) in [4.78, 5) is 10.4. The molecule has 5 nitrogen and oxygen atoms in total. The van der Waals surface area contributed by atoms with E-state index in [1.807, 2.05) is 30.3 Å². The number of hydrogen-bond acceptors (Lipinski definition) is 4. The highest BCUT2D eigenvalue weighted by molar-refractivity contribution is 5.89. The van der Waals surface area contributed by atoms with Crippen LogP contribution in [0.3, 0.4) is 0 Å². The quantitative estimate of drug-likeness (QED) is 0.662. The van der Waals surface area contributed by atoms with Crippen molar-refractivity contribution in [1.29, 1.82) is 0 Å². The molecular formula is C22H27N3O2. The molecule has 3 aromatic rings. The van der Waals surface area contributed by atoms with E-state index in [9.17, 15) is 0 Å². The summed E-state index contributed by atoms with van der Waals surface area (Å²) in [6.07, 6.45) is 3.24. The summed E-state index contributed by atoms with van der Waals surface area (Å²) in [5, 5.41) is 0. The summed E-state index contributed by atoms with van der Waals surface area (Å²) in [7, 11) is 0. The number of piperidine rings is 1. The predicted octanol–water partition coefficient (Wildman–Crippen LogP) is 4.65. The number of aromatic amines is 1. The number of benzene rings is 2. The van der Waals surface area contributed by atoms with E-state index in [2.05, 4.69) is 40.0 Å². The van der Waals surface area contributed by atoms with Crippen LogP contribution in [0.4, 0.5) is 5.69 Å². The molecule has 0 unspecified atom stereocenters. The Bertz CT molecular complexity index is 854. The monoisotopic (exact) mass is 365 g/mol. The molecule has 1 saturated heterocycles. The van der Waals surface area contributed by atoms with E-state index < -0.39 is 0 Å². The van der Waals surface area contributed by atoms with Gasteiger partial charge in [-0.2, -0.15) is 4.98 Å². The van der Waals surface area contributed by atoms with Crippen molar-refractivity contribution in [2.45, 2.75) is 26.2 Å². The molecule has 1 aromatic heterocycles. The van der Waals surface area contributed by atoms with Gasteiger partial charge < -0.3 is 19.4 Å². The third kappa shape index (κ3) is 4.18. The van der Waals surface area contributed by atoms with E-state index >= 15 is 0 Å². The number of fused-ring (bicyclic) bond motifs is 1. The van der Waals surface area contributed by atoms with Crippen molar-refractivity contribution in [3.63, 3.8) is 0 Å². The Kier molecular flexibility index (Phi) is 5.47. The van der Waals surface area contributed by atoms with Crippen LogP contribution in [0.2, 0.25) is 0 Å². The molecule has 0 spiro atoms. The van der Waals surface area contributed by atoms with Gasteiger partial charge in [-0.15, -0.1) is 0 Å². The van der Waals surface area contributed by atoms with E-state index in [1.54, 1.807) is 0 Å². The third-order valence-electron chi connectivity index (χ3n) is 5.10. The highest BCUT2D eigenvalue weighted by Gasteiger charge is 2.22. The van der Waals surface area contributed by atoms with E-state index in [4.69, 9.17) is 9.47 Å². The molecule has 5 heteroatoms. The van der Waals surface area contributed by atoms with Gasteiger partial charge in [-0.3, -0.25) is 0 Å². The van der Waals surface area contributed by atoms with Gasteiger partial charge in [0.25, 0.3) is 6.01 Å². The highest BCUT2D eigenvalue weighted by atomic mass is 16.5. The molecule has 2 heterocycles. The molecule has 1 aliphatic heterocycles. The first-order valence-corrected chi connectivity index (χ1v) is 9.88. The number of ether oxygens (including phenoxy) is 2. The second kappa shape index (κ2) is 8.33. The highest BCUT2D eigenvalue weighted by Crippen LogP contribution is 2.30. The SMILES string of the molecule is CCCOc1nc2c(N3CCC(COc4ccccc4)CC3)cccc2[nH]1. The van der Waals surface area contributed by atoms with Crippen molar-refractivity contribution in [3.8, 4) is 11.8 Å². The lowest BCUT2D eigenvalue weighted by Crippen LogP contribution is -2.35. The Labute approximate surface area is 160 Å². The lowest BCUT2D eigenvalue weighted by molar-refractivity contribution is 0.223. The molecule has 142 valence electrons. The maximum atomic E-state index is 5.95. The average Bonchev–Trinajstić information content (AvgIpc) is 3.15. The van der Waals surface area contributed by atoms with Crippen LogP contribution in [-0.4, -0.2) is 36.3 Å². The molecule has 4 rings (SSSR count). The minimum absolute atomic E-state index is 0.600. The van der Waals surface area contributed by atoms with Crippen LogP contribution in [-0.2, 0) is 0 Å². The molecule has 1 aliphatic rings. The third-order valence-corrected chi connectivity index (χ3v) is 5.10. The summed E-state index contributed by atoms with van der Waals surface area (Å²) in [5.74, 6) is 1.56. The topological polar surface area (TPSA) is 50.4 Å². The zero-order valence-corrected chi connectivity index (χ0v) is 15.9. The van der Waals surface area contributed by atoms with Gasteiger partial charge in [-0.05, 0) is 49.4 Å². The molecule has 0 amide bonds. The molecule has 0 aliphatic carbocycles. The number of nitrogens with zero attached hydrogens (tertiary/aromatic N) is 2. The molecule has 0 bridgehead atoms. The Morgan fingerprint density at radius 1 is 1.04 bits per heavy atom. The van der Waals surface area contributed by atoms with Crippen LogP contribution in [0.25, 0.3) is 11.0 Å². The standard InChI is InChI=1S/C22H27N3O2/c1-2-15-26-22-23-19-9-6-10-20(21(19)24-22)25-13-11-17(12-14-25)16-27-18-7-4-3-5-8-18/h3-10,17H,2,11-16H2,1H3,(H,23,24). The first kappa shape index (κ1) is 17.7. The van der Waals surface area contributed by atoms with Gasteiger partial charge in [0.15, 0.2) is 0 Å². The Morgan fingerprint density at radius 3 is 2.63 bits per heavy atom. The average molecular weight is 365 g/mol. The molecule has 1 N–H and O–H groups in total. The number of H-pyrrole nitrogens is 1. The van der Waals surface area contributed by atoms with Crippen molar-refractivity contribution in [1.82, 2.24) is 9.97 Å². The van der Waals surface area contributed by atoms with Gasteiger partial charge in [0.05, 0.1) is 24.4 Å². The first-order chi connectivity index (χ1) is 13.3. The second-order valence-electron chi connectivity index (χ2n) is 7.12. The summed E-state index contributed by atoms with van der Waals surface area (Å²) in [6.45, 7) is 5.63. The van der Waals surface area contributed by atoms with Crippen molar-refractivity contribution in [2.24, 2.45) is 5.92 Å². The van der Waals surface area contributed by atoms with Crippen molar-refractivity contribution in [2.75, 3.05) is 31.2 Å². The van der Waals surface area contributed by atoms with Crippen molar-refractivity contribution < 1.29 is 9.47 Å². The molecule has 27 heavy (non-hydrogen) atoms. The van der Waals surface area contributed by atoms with Crippen molar-refractivity contribution >= 4 is 16.7 Å². The Morgan fingerprint density at radius 2 is 1.85 bits per heavy atom. The van der Waals surface area contributed by atoms with Crippen LogP contribution in [0.5, 0.6) is 11.8 Å². The normalized spacial score (nSPS) is 15.2. The lowest BCUT2D eigenvalue weighted by atomic mass is 9.97. The fourth-order valence-corrected chi connectivity index (χ4v) is 3.59. The van der Waals surface area contributed by atoms with Gasteiger partial charge in [-0.1, -0.05) is 31.2 Å². The maximum Gasteiger partial charge on any atom is 0.294 e. The predicted molar refractivity (Wildman–Crippen MR) is 109 cm³/mol. The summed E-state index contributed by atoms with van der Waals surface area (Å²) >= 11 is 0. The molecule has 2 aromatic carbocycles. The Balaban J connectivity index is 1.38. The lowest BCUT2D eigenvalue weighted by Gasteiger charge is -2.33. The number of rotatable bonds is 7. The van der Waals surface area contributed by atoms with E-state index in [0.717, 1.165) is 55.7 Å². The molecule has 1 fully saturated rings. The fourth-order valence-electron chi connectivity index (χ4n) is 3.59. The fraction of sp³-hybridized carbons (Fsp3) is 0.409. The number of imidazole rings is 1. The van der Waals surface area contributed by atoms with Crippen LogP contribution in [0.1, 0.15) is 26.2 Å². The van der Waals surface area contributed by atoms with Crippen LogP contribution >= 0.6 is 0 Å². The zero-order chi connectivity index (χ0) is 18.5. The van der Waals surface area contributed by atoms with E-state index in [0.29, 0.717) is 18.5 Å². The van der Waals surface area contributed by atoms with Gasteiger partial charge >= 0.3 is 0 Å². The molecular weight excluding hydrogens is 338 g/mol. The number of aromatic nitrogens is 2. The van der Waals surface area contributed by atoms with Gasteiger partial charge in [0, 0.05) is 13.1 Å². The molecule has 0 saturated carbocycles. The van der Waals surface area contributed by atoms with Gasteiger partial charge in [0.2, 0.25) is 0 Å². The maximum absolute atomic E-state index is 5.95. The summed E-state index contributed by atoms with van der Waals surface area (Å²) < 4.78 is 11.6. The number of anilines is 1. The minimum Gasteiger partial charge on any atom is -0.493 e. The molecule has 0 atom stereocenters. The van der Waals surface area contributed by atoms with E-state index in [-0.39, 0.29) is 0 Å². The van der Waals surface area contributed by atoms with Gasteiger partial charge in [0.1, 0.15) is 11.3 Å². The summed E-state index contributed by atoms with van der Waals surface area (Å²) in [6, 6.07) is 17.0. The summed E-state index contributed by atoms with van der Waals surface area (Å²) in [5.41, 5.74) is 3.23. The largest absolute Gasteiger partial charge is 0.493 e. The number of nitrogens with one attached hydrogen (secondary N) is 1. The number of para-hydroxylation sites is 2. The van der Waals surface area contributed by atoms with Crippen molar-refractivity contribution in [3.05, 3.63) is 48.5 Å². The van der Waals surface area contributed by atoms with Crippen LogP contribution in [0, 0.1) is 5.92 Å². The molecule has 0 radical (unpaired) electrons. The van der Waals surface area contributed by atoms with E-state index in [1.165, 1.54) is 5.69 Å². The number of hydrogen-bond donors (Lipinski definition) is 1. The van der Waals surface area contributed by atoms with Crippen LogP contribution in [0.15, 0.2) is 48.5 Å².